The van der Waals surface area contributed by atoms with Gasteiger partial charge in [0.15, 0.2) is 12.4 Å². The van der Waals surface area contributed by atoms with Crippen molar-refractivity contribution in [2.24, 2.45) is 23.7 Å². The van der Waals surface area contributed by atoms with Crippen LogP contribution in [0.3, 0.4) is 0 Å². The highest BCUT2D eigenvalue weighted by Gasteiger charge is 2.54. The lowest BCUT2D eigenvalue weighted by atomic mass is 9.68. The number of esters is 2. The molecule has 0 unspecified atom stereocenters. The van der Waals surface area contributed by atoms with Crippen LogP contribution in [0.1, 0.15) is 134 Å². The van der Waals surface area contributed by atoms with Gasteiger partial charge in [-0.1, -0.05) is 81.8 Å². The number of amides is 1. The summed E-state index contributed by atoms with van der Waals surface area (Å²) in [6.45, 7) is 20.5. The zero-order valence-electron chi connectivity index (χ0n) is 52.6. The zero-order valence-corrected chi connectivity index (χ0v) is 53.5. The molecule has 83 heavy (non-hydrogen) atoms. The lowest BCUT2D eigenvalue weighted by Crippen LogP contribution is -2.61. The van der Waals surface area contributed by atoms with Gasteiger partial charge in [-0.05, 0) is 169 Å². The van der Waals surface area contributed by atoms with Gasteiger partial charge in [-0.3, -0.25) is 14.5 Å². The van der Waals surface area contributed by atoms with Crippen molar-refractivity contribution in [3.05, 3.63) is 91.0 Å². The van der Waals surface area contributed by atoms with E-state index in [0.29, 0.717) is 19.5 Å². The van der Waals surface area contributed by atoms with Crippen molar-refractivity contribution in [2.75, 3.05) is 47.5 Å². The van der Waals surface area contributed by atoms with Crippen LogP contribution in [0.2, 0.25) is 0 Å². The number of ether oxygens (including phenoxy) is 7. The number of aliphatic hydroxyl groups excluding tert-OH is 1. The first-order chi connectivity index (χ1) is 39.2. The van der Waals surface area contributed by atoms with Gasteiger partial charge in [0.05, 0.1) is 53.7 Å². The molecule has 0 aliphatic carbocycles. The minimum absolute atomic E-state index is 0.123. The molecule has 18 atom stereocenters. The Balaban J connectivity index is 1.25. The number of likely N-dealkylation sites (N-methyl/N-ethyl adjacent to an activating group) is 2. The minimum Gasteiger partial charge on any atom is -0.459 e. The molecule has 0 radical (unpaired) electrons. The molecule has 3 aromatic rings. The van der Waals surface area contributed by atoms with Gasteiger partial charge in [0.2, 0.25) is 0 Å². The number of rotatable bonds is 19. The number of benzene rings is 3. The number of methoxy groups -OCH3 is 1. The van der Waals surface area contributed by atoms with Gasteiger partial charge >= 0.3 is 18.0 Å². The lowest BCUT2D eigenvalue weighted by molar-refractivity contribution is -0.299. The van der Waals surface area contributed by atoms with E-state index < -0.39 is 115 Å². The number of unbranched alkanes of at least 4 members (excludes halogenated alkanes) is 3. The van der Waals surface area contributed by atoms with Crippen LogP contribution in [0, 0.1) is 23.7 Å². The van der Waals surface area contributed by atoms with E-state index in [1.807, 2.05) is 65.6 Å². The Morgan fingerprint density at radius 3 is 1.90 bits per heavy atom. The van der Waals surface area contributed by atoms with E-state index in [-0.39, 0.29) is 43.7 Å². The smallest absolute Gasteiger partial charge is 0.407 e. The predicted molar refractivity (Wildman–Crippen MR) is 328 cm³/mol. The van der Waals surface area contributed by atoms with Gasteiger partial charge in [-0.15, -0.1) is 0 Å². The third-order valence-electron chi connectivity index (χ3n) is 18.6. The Kier molecular flexibility index (Phi) is 24.6. The van der Waals surface area contributed by atoms with Gasteiger partial charge in [0.1, 0.15) is 47.1 Å². The second kappa shape index (κ2) is 30.0. The van der Waals surface area contributed by atoms with Crippen LogP contribution >= 0.6 is 7.26 Å². The molecule has 1 amide bonds. The first-order valence-electron chi connectivity index (χ1n) is 30.6. The Labute approximate surface area is 497 Å². The molecule has 3 fully saturated rings. The number of aliphatic hydroxyl groups is 3. The molecule has 3 aromatic carbocycles. The maximum atomic E-state index is 15.0. The van der Waals surface area contributed by atoms with Crippen LogP contribution in [0.25, 0.3) is 0 Å². The molecular formula is C66H103N3O13P+. The standard InChI is InChI=1S/C66H102N3O13P/c1-16-56-66(11,75)61(82-63(73)67-36-28-17-18-29-37-83(50-30-22-19-23-31-50,51-32-24-20-25-33-51)52-34-26-21-27-35-52)47(6)69(14)42-43(2)40-64(9,74)53(39-55-59(79-49(8)70)54(68(12)13)38-44(3)77-55)45(4)58(46(5)62(72)80-56)81-57-41-65(10,76-15)60(71)48(7)78-57/h19-27,30-35,43-48,53-61,71,74-75H,16-18,28-29,36-42H2,1-15H3/p+1/t43-,44-,45-,46-,47-,48+,53-,54+,55+,56-,57+,58+,59-,60+,61-,64-,65-,66-/m1/s1. The number of alkyl carbamates (subject to hydrolysis) is 1. The number of carbonyl (C=O) groups is 3. The summed E-state index contributed by atoms with van der Waals surface area (Å²) < 4.78 is 44.8. The van der Waals surface area contributed by atoms with E-state index in [4.69, 9.17) is 33.2 Å². The van der Waals surface area contributed by atoms with E-state index in [1.54, 1.807) is 27.7 Å². The molecule has 16 nitrogen and oxygen atoms in total. The van der Waals surface area contributed by atoms with Gasteiger partial charge in [0, 0.05) is 39.6 Å². The lowest BCUT2D eigenvalue weighted by Gasteiger charge is -2.49. The Morgan fingerprint density at radius 2 is 1.37 bits per heavy atom. The van der Waals surface area contributed by atoms with Crippen molar-refractivity contribution in [2.45, 2.75) is 218 Å². The van der Waals surface area contributed by atoms with Crippen molar-refractivity contribution in [3.63, 3.8) is 0 Å². The Morgan fingerprint density at radius 1 is 0.807 bits per heavy atom. The summed E-state index contributed by atoms with van der Waals surface area (Å²) in [7, 11) is 5.37. The fraction of sp³-hybridized carbons (Fsp3) is 0.682. The highest BCUT2D eigenvalue weighted by atomic mass is 31.2. The summed E-state index contributed by atoms with van der Waals surface area (Å²) >= 11 is 0. The van der Waals surface area contributed by atoms with Crippen LogP contribution in [0.4, 0.5) is 4.79 Å². The highest BCUT2D eigenvalue weighted by molar-refractivity contribution is 7.95. The number of nitrogens with one attached hydrogen (secondary N) is 1. The van der Waals surface area contributed by atoms with Crippen molar-refractivity contribution >= 4 is 41.2 Å². The minimum atomic E-state index is -1.97. The van der Waals surface area contributed by atoms with Crippen molar-refractivity contribution in [3.8, 4) is 0 Å². The summed E-state index contributed by atoms with van der Waals surface area (Å²) in [5, 5.41) is 44.3. The van der Waals surface area contributed by atoms with E-state index in [1.165, 1.54) is 29.9 Å². The monoisotopic (exact) mass is 1180 g/mol. The first-order valence-corrected chi connectivity index (χ1v) is 32.6. The van der Waals surface area contributed by atoms with Crippen LogP contribution < -0.4 is 21.2 Å². The molecule has 3 heterocycles. The number of hydrogen-bond donors (Lipinski definition) is 4. The van der Waals surface area contributed by atoms with Crippen LogP contribution in [0.15, 0.2) is 91.0 Å². The van der Waals surface area contributed by atoms with Gasteiger partial charge in [-0.2, -0.15) is 0 Å². The number of hydrogen-bond acceptors (Lipinski definition) is 15. The van der Waals surface area contributed by atoms with Crippen LogP contribution in [-0.2, 0) is 42.7 Å². The second-order valence-corrected chi connectivity index (χ2v) is 29.1. The molecule has 0 spiro atoms. The van der Waals surface area contributed by atoms with E-state index in [0.717, 1.165) is 31.8 Å². The van der Waals surface area contributed by atoms with Crippen molar-refractivity contribution in [1.29, 1.82) is 0 Å². The summed E-state index contributed by atoms with van der Waals surface area (Å²) in [4.78, 5) is 46.0. The molecule has 17 heteroatoms. The molecule has 3 saturated heterocycles. The third-order valence-corrected chi connectivity index (χ3v) is 23.2. The molecule has 464 valence electrons. The molecule has 0 aromatic heterocycles. The van der Waals surface area contributed by atoms with Gasteiger partial charge < -0.3 is 58.7 Å². The molecule has 0 saturated carbocycles. The largest absolute Gasteiger partial charge is 0.459 e. The maximum Gasteiger partial charge on any atom is 0.407 e. The highest BCUT2D eigenvalue weighted by Crippen LogP contribution is 2.56. The Bertz CT molecular complexity index is 2380. The second-order valence-electron chi connectivity index (χ2n) is 25.5. The van der Waals surface area contributed by atoms with Crippen LogP contribution in [0.5, 0.6) is 0 Å². The fourth-order valence-corrected chi connectivity index (χ4v) is 18.3. The van der Waals surface area contributed by atoms with Crippen molar-refractivity contribution in [1.82, 2.24) is 15.1 Å². The average Bonchev–Trinajstić information content (AvgIpc) is 2.94. The molecule has 4 N–H and O–H groups in total. The first kappa shape index (κ1) is 68.1. The molecule has 3 aliphatic rings. The SMILES string of the molecule is CC[C@H]1OC(=O)[C@H](C)[C@@H](O[C@H]2C[C@@](C)(OC)[C@@H](O)[C@H](C)O2)[C@H](C)[C@@H](C[C@@H]2O[C@H](C)C[C@H](N(C)C)[C@H]2OC(C)=O)[C@](C)(O)C[C@@H](C)CN(C)[C@H](C)[C@@H](OC(=O)NCCCCCC[P+](c2ccccc2)(c2ccccc2)c2ccccc2)[C@]1(C)O. The van der Waals surface area contributed by atoms with E-state index in [2.05, 4.69) is 103 Å². The van der Waals surface area contributed by atoms with E-state index in [9.17, 15) is 24.9 Å². The predicted octanol–water partition coefficient (Wildman–Crippen LogP) is 8.42. The summed E-state index contributed by atoms with van der Waals surface area (Å²) in [5.41, 5.74) is -4.41. The molecule has 6 rings (SSSR count). The zero-order chi connectivity index (χ0) is 61.0. The molecular weight excluding hydrogens is 1070 g/mol. The molecule has 3 aliphatic heterocycles. The topological polar surface area (TPSA) is 195 Å². The fourth-order valence-electron chi connectivity index (χ4n) is 13.9. The summed E-state index contributed by atoms with van der Waals surface area (Å²) in [6.07, 6.45) is -2.19. The van der Waals surface area contributed by atoms with Gasteiger partial charge in [0.25, 0.3) is 0 Å². The number of cyclic esters (lactones) is 1. The average molecular weight is 1180 g/mol. The molecule has 0 bridgehead atoms. The third kappa shape index (κ3) is 16.7. The summed E-state index contributed by atoms with van der Waals surface area (Å²) in [5.74, 6) is -3.60. The van der Waals surface area contributed by atoms with Crippen molar-refractivity contribution < 1.29 is 62.9 Å². The van der Waals surface area contributed by atoms with Crippen LogP contribution in [-0.4, -0.2) is 175 Å². The van der Waals surface area contributed by atoms with Gasteiger partial charge in [-0.25, -0.2) is 4.79 Å². The quantitative estimate of drug-likeness (QED) is 0.0386. The Hall–Kier alpha value is -4.06. The number of carbonyl (C=O) groups excluding carboxylic acids is 3. The van der Waals surface area contributed by atoms with E-state index >= 15 is 4.79 Å². The summed E-state index contributed by atoms with van der Waals surface area (Å²) in [6, 6.07) is 31.8. The maximum absolute atomic E-state index is 15.0. The number of nitrogens with zero attached hydrogens (tertiary/aromatic N) is 2. The normalized spacial score (nSPS) is 35.4.